The summed E-state index contributed by atoms with van der Waals surface area (Å²) in [5.41, 5.74) is 2.17. The lowest BCUT2D eigenvalue weighted by atomic mass is 9.68. The van der Waals surface area contributed by atoms with Gasteiger partial charge in [0, 0.05) is 5.39 Å². The largest absolute Gasteiger partial charge is 0.206 e. The number of allylic oxidation sites excluding steroid dienone is 1. The molecule has 0 aromatic heterocycles. The van der Waals surface area contributed by atoms with Gasteiger partial charge in [0.25, 0.3) is 0 Å². The van der Waals surface area contributed by atoms with E-state index in [9.17, 15) is 0 Å². The van der Waals surface area contributed by atoms with E-state index in [0.717, 1.165) is 65.7 Å². The molecule has 0 N–H and O–H groups in total. The molecule has 0 amide bonds. The highest BCUT2D eigenvalue weighted by Crippen LogP contribution is 2.42. The van der Waals surface area contributed by atoms with Crippen molar-refractivity contribution in [2.24, 2.45) is 23.7 Å². The number of halogens is 1. The number of rotatable bonds is 8. The van der Waals surface area contributed by atoms with Crippen LogP contribution in [0.1, 0.15) is 88.7 Å². The topological polar surface area (TPSA) is 0 Å². The van der Waals surface area contributed by atoms with Crippen LogP contribution in [0.5, 0.6) is 0 Å². The summed E-state index contributed by atoms with van der Waals surface area (Å²) in [4.78, 5) is 0. The minimum Gasteiger partial charge on any atom is -0.206 e. The van der Waals surface area contributed by atoms with E-state index < -0.39 is 0 Å². The molecule has 4 rings (SSSR count). The fourth-order valence-corrected chi connectivity index (χ4v) is 6.38. The van der Waals surface area contributed by atoms with Crippen molar-refractivity contribution in [3.63, 3.8) is 0 Å². The third-order valence-electron chi connectivity index (χ3n) is 8.58. The predicted molar refractivity (Wildman–Crippen MR) is 132 cm³/mol. The van der Waals surface area contributed by atoms with Crippen molar-refractivity contribution < 1.29 is 4.39 Å². The molecule has 0 atom stereocenters. The van der Waals surface area contributed by atoms with E-state index in [-0.39, 0.29) is 5.82 Å². The normalized spacial score (nSPS) is 26.8. The Bertz CT molecular complexity index is 850. The first-order valence-electron chi connectivity index (χ1n) is 13.0. The molecule has 0 unspecified atom stereocenters. The molecule has 2 aromatic carbocycles. The Balaban J connectivity index is 1.28. The van der Waals surface area contributed by atoms with Gasteiger partial charge in [-0.3, -0.25) is 0 Å². The van der Waals surface area contributed by atoms with Crippen molar-refractivity contribution in [1.29, 1.82) is 0 Å². The monoisotopic (exact) mass is 420 g/mol. The number of aryl methyl sites for hydroxylation is 2. The molecule has 2 aromatic rings. The van der Waals surface area contributed by atoms with Crippen molar-refractivity contribution in [3.05, 3.63) is 59.9 Å². The van der Waals surface area contributed by atoms with Crippen molar-refractivity contribution in [2.75, 3.05) is 0 Å². The lowest BCUT2D eigenvalue weighted by Crippen LogP contribution is -2.25. The first kappa shape index (κ1) is 22.6. The summed E-state index contributed by atoms with van der Waals surface area (Å²) in [6, 6.07) is 10.3. The minimum absolute atomic E-state index is 0.00846. The van der Waals surface area contributed by atoms with Gasteiger partial charge in [-0.25, -0.2) is 4.39 Å². The minimum atomic E-state index is 0.00846. The lowest BCUT2D eigenvalue weighted by molar-refractivity contribution is 0.142. The summed E-state index contributed by atoms with van der Waals surface area (Å²) in [6.07, 6.45) is 18.7. The molecular formula is C30H41F. The van der Waals surface area contributed by atoms with E-state index >= 15 is 4.39 Å². The van der Waals surface area contributed by atoms with Gasteiger partial charge >= 0.3 is 0 Å². The number of fused-ring (bicyclic) bond motifs is 1. The van der Waals surface area contributed by atoms with Crippen molar-refractivity contribution in [2.45, 2.75) is 90.4 Å². The zero-order valence-corrected chi connectivity index (χ0v) is 19.6. The lowest BCUT2D eigenvalue weighted by Gasteiger charge is -2.37. The maximum absolute atomic E-state index is 15.2. The van der Waals surface area contributed by atoms with Crippen LogP contribution in [0.3, 0.4) is 0 Å². The van der Waals surface area contributed by atoms with E-state index in [2.05, 4.69) is 31.7 Å². The summed E-state index contributed by atoms with van der Waals surface area (Å²) in [5, 5.41) is 1.81. The quantitative estimate of drug-likeness (QED) is 0.374. The molecule has 2 aliphatic rings. The summed E-state index contributed by atoms with van der Waals surface area (Å²) < 4.78 is 15.2. The van der Waals surface area contributed by atoms with Crippen LogP contribution in [0.2, 0.25) is 0 Å². The van der Waals surface area contributed by atoms with E-state index in [1.54, 1.807) is 0 Å². The van der Waals surface area contributed by atoms with Gasteiger partial charge in [0.05, 0.1) is 0 Å². The third-order valence-corrected chi connectivity index (χ3v) is 8.58. The molecule has 168 valence electrons. The van der Waals surface area contributed by atoms with Gasteiger partial charge in [-0.2, -0.15) is 0 Å². The Morgan fingerprint density at radius 2 is 1.55 bits per heavy atom. The molecule has 0 spiro atoms. The third kappa shape index (κ3) is 5.60. The van der Waals surface area contributed by atoms with E-state index in [4.69, 9.17) is 0 Å². The standard InChI is InChI=1S/C30H41F/c1-3-5-6-24-12-20-29-28(21-24)19-18-27(30(29)31)17-11-23-9-15-26(16-10-23)25-13-7-22(4-2)8-14-25/h3,12,18-23,25-26H,1,4-11,13-17H2,2H3. The molecule has 1 heteroatoms. The highest BCUT2D eigenvalue weighted by Gasteiger charge is 2.30. The smallest absolute Gasteiger partial charge is 0.134 e. The molecule has 0 saturated heterocycles. The molecule has 0 heterocycles. The number of benzene rings is 2. The number of hydrogen-bond acceptors (Lipinski definition) is 0. The first-order valence-corrected chi connectivity index (χ1v) is 13.0. The van der Waals surface area contributed by atoms with Crippen LogP contribution in [0.15, 0.2) is 43.0 Å². The number of hydrogen-bond donors (Lipinski definition) is 0. The van der Waals surface area contributed by atoms with Crippen LogP contribution in [-0.4, -0.2) is 0 Å². The molecule has 0 nitrogen and oxygen atoms in total. The summed E-state index contributed by atoms with van der Waals surface area (Å²) >= 11 is 0. The van der Waals surface area contributed by atoms with Crippen LogP contribution in [0.25, 0.3) is 10.8 Å². The summed E-state index contributed by atoms with van der Waals surface area (Å²) in [6.45, 7) is 6.15. The van der Waals surface area contributed by atoms with Gasteiger partial charge < -0.3 is 0 Å². The molecular weight excluding hydrogens is 379 g/mol. The van der Waals surface area contributed by atoms with Gasteiger partial charge in [0.15, 0.2) is 0 Å². The van der Waals surface area contributed by atoms with Crippen molar-refractivity contribution in [1.82, 2.24) is 0 Å². The van der Waals surface area contributed by atoms with Crippen LogP contribution >= 0.6 is 0 Å². The molecule has 0 radical (unpaired) electrons. The fraction of sp³-hybridized carbons (Fsp3) is 0.600. The Labute approximate surface area is 189 Å². The molecule has 2 saturated carbocycles. The Morgan fingerprint density at radius 3 is 2.19 bits per heavy atom. The second kappa shape index (κ2) is 10.8. The van der Waals surface area contributed by atoms with Gasteiger partial charge in [-0.1, -0.05) is 75.4 Å². The Hall–Kier alpha value is -1.63. The molecule has 31 heavy (non-hydrogen) atoms. The van der Waals surface area contributed by atoms with Gasteiger partial charge in [-0.15, -0.1) is 6.58 Å². The second-order valence-corrected chi connectivity index (χ2v) is 10.4. The summed E-state index contributed by atoms with van der Waals surface area (Å²) in [5.74, 6) is 3.77. The average Bonchev–Trinajstić information content (AvgIpc) is 2.82. The van der Waals surface area contributed by atoms with Crippen LogP contribution in [-0.2, 0) is 12.8 Å². The van der Waals surface area contributed by atoms with E-state index in [1.165, 1.54) is 63.4 Å². The summed E-state index contributed by atoms with van der Waals surface area (Å²) in [7, 11) is 0. The second-order valence-electron chi connectivity index (χ2n) is 10.4. The average molecular weight is 421 g/mol. The van der Waals surface area contributed by atoms with E-state index in [1.807, 2.05) is 18.2 Å². The van der Waals surface area contributed by atoms with Gasteiger partial charge in [-0.05, 0) is 91.6 Å². The van der Waals surface area contributed by atoms with Crippen LogP contribution in [0, 0.1) is 29.5 Å². The zero-order valence-electron chi connectivity index (χ0n) is 19.6. The first-order chi connectivity index (χ1) is 15.2. The van der Waals surface area contributed by atoms with Gasteiger partial charge in [0.1, 0.15) is 5.82 Å². The maximum Gasteiger partial charge on any atom is 0.134 e. The zero-order chi connectivity index (χ0) is 21.6. The van der Waals surface area contributed by atoms with Crippen LogP contribution < -0.4 is 0 Å². The maximum atomic E-state index is 15.2. The highest BCUT2D eigenvalue weighted by atomic mass is 19.1. The van der Waals surface area contributed by atoms with Gasteiger partial charge in [0.2, 0.25) is 0 Å². The van der Waals surface area contributed by atoms with Crippen molar-refractivity contribution in [3.8, 4) is 0 Å². The van der Waals surface area contributed by atoms with Crippen LogP contribution in [0.4, 0.5) is 4.39 Å². The fourth-order valence-electron chi connectivity index (χ4n) is 6.38. The van der Waals surface area contributed by atoms with Crippen molar-refractivity contribution >= 4 is 10.8 Å². The molecule has 0 bridgehead atoms. The Morgan fingerprint density at radius 1 is 0.871 bits per heavy atom. The SMILES string of the molecule is C=CCCc1ccc2c(F)c(CCC3CCC(C4CCC(CC)CC4)CC3)ccc2c1. The van der Waals surface area contributed by atoms with E-state index in [0.29, 0.717) is 0 Å². The Kier molecular flexibility index (Phi) is 7.86. The molecule has 2 fully saturated rings. The highest BCUT2D eigenvalue weighted by molar-refractivity contribution is 5.84. The molecule has 2 aliphatic carbocycles. The predicted octanol–water partition coefficient (Wildman–Crippen LogP) is 9.05. The molecule has 0 aliphatic heterocycles.